The number of hydrogen-bond donors (Lipinski definition) is 1. The second kappa shape index (κ2) is 4.89. The molecule has 0 spiro atoms. The van der Waals surface area contributed by atoms with Crippen LogP contribution in [0.25, 0.3) is 16.8 Å². The quantitative estimate of drug-likeness (QED) is 0.739. The lowest BCUT2D eigenvalue weighted by Crippen LogP contribution is -2.14. The topological polar surface area (TPSA) is 56.2 Å². The van der Waals surface area contributed by atoms with Crippen molar-refractivity contribution < 1.29 is 4.39 Å². The van der Waals surface area contributed by atoms with Crippen molar-refractivity contribution in [3.8, 4) is 11.1 Å². The number of fused-ring (bicyclic) bond motifs is 1. The second-order valence-corrected chi connectivity index (χ2v) is 5.28. The van der Waals surface area contributed by atoms with E-state index in [0.29, 0.717) is 17.0 Å². The van der Waals surface area contributed by atoms with Crippen LogP contribution in [0.3, 0.4) is 0 Å². The molecule has 2 heterocycles. The zero-order chi connectivity index (χ0) is 15.1. The van der Waals surface area contributed by atoms with Crippen molar-refractivity contribution in [2.24, 2.45) is 5.73 Å². The van der Waals surface area contributed by atoms with Crippen LogP contribution in [0, 0.1) is 19.7 Å². The van der Waals surface area contributed by atoms with Gasteiger partial charge in [-0.25, -0.2) is 13.9 Å². The molecule has 3 aromatic rings. The molecule has 3 rings (SSSR count). The molecular weight excluding hydrogens is 287 g/mol. The van der Waals surface area contributed by atoms with E-state index in [1.807, 2.05) is 19.9 Å². The van der Waals surface area contributed by atoms with Crippen LogP contribution in [0.15, 0.2) is 30.3 Å². The molecule has 106 valence electrons. The lowest BCUT2D eigenvalue weighted by Gasteiger charge is -2.11. The minimum atomic E-state index is -0.285. The molecule has 0 amide bonds. The fourth-order valence-electron chi connectivity index (χ4n) is 2.39. The molecule has 2 aromatic heterocycles. The van der Waals surface area contributed by atoms with Gasteiger partial charge in [0.25, 0.3) is 0 Å². The number of halogens is 1. The van der Waals surface area contributed by atoms with Gasteiger partial charge in [-0.15, -0.1) is 0 Å². The molecular formula is C15H13FN4S. The Morgan fingerprint density at radius 1 is 1.24 bits per heavy atom. The predicted molar refractivity (Wildman–Crippen MR) is 83.7 cm³/mol. The Morgan fingerprint density at radius 3 is 2.52 bits per heavy atom. The van der Waals surface area contributed by atoms with E-state index in [-0.39, 0.29) is 10.8 Å². The third-order valence-corrected chi connectivity index (χ3v) is 3.50. The number of aryl methyl sites for hydroxylation is 2. The highest BCUT2D eigenvalue weighted by molar-refractivity contribution is 7.80. The van der Waals surface area contributed by atoms with Gasteiger partial charge in [0.15, 0.2) is 5.65 Å². The zero-order valence-electron chi connectivity index (χ0n) is 11.6. The van der Waals surface area contributed by atoms with Crippen molar-refractivity contribution in [2.45, 2.75) is 13.8 Å². The molecule has 21 heavy (non-hydrogen) atoms. The first-order valence-electron chi connectivity index (χ1n) is 6.40. The van der Waals surface area contributed by atoms with E-state index < -0.39 is 0 Å². The summed E-state index contributed by atoms with van der Waals surface area (Å²) < 4.78 is 14.8. The van der Waals surface area contributed by atoms with E-state index in [1.165, 1.54) is 12.1 Å². The van der Waals surface area contributed by atoms with E-state index >= 15 is 0 Å². The Morgan fingerprint density at radius 2 is 1.90 bits per heavy atom. The van der Waals surface area contributed by atoms with Crippen molar-refractivity contribution in [1.82, 2.24) is 14.6 Å². The monoisotopic (exact) mass is 300 g/mol. The summed E-state index contributed by atoms with van der Waals surface area (Å²) in [5, 5.41) is 4.34. The molecule has 0 aliphatic rings. The maximum absolute atomic E-state index is 13.1. The molecule has 0 unspecified atom stereocenters. The van der Waals surface area contributed by atoms with E-state index in [4.69, 9.17) is 18.0 Å². The Hall–Kier alpha value is -2.34. The summed E-state index contributed by atoms with van der Waals surface area (Å²) in [5.41, 5.74) is 9.74. The number of pyridine rings is 1. The maximum Gasteiger partial charge on any atom is 0.166 e. The Kier molecular flexibility index (Phi) is 3.17. The summed E-state index contributed by atoms with van der Waals surface area (Å²) in [6, 6.07) is 8.15. The predicted octanol–water partition coefficient (Wildman–Crippen LogP) is 2.79. The molecule has 0 aliphatic heterocycles. The number of benzene rings is 1. The second-order valence-electron chi connectivity index (χ2n) is 4.84. The Bertz CT molecular complexity index is 852. The number of nitrogens with zero attached hydrogens (tertiary/aromatic N) is 3. The van der Waals surface area contributed by atoms with Crippen molar-refractivity contribution in [3.63, 3.8) is 0 Å². The summed E-state index contributed by atoms with van der Waals surface area (Å²) in [5.74, 6) is 0.360. The summed E-state index contributed by atoms with van der Waals surface area (Å²) in [7, 11) is 0. The number of nitrogens with two attached hydrogens (primary N) is 1. The molecule has 0 atom stereocenters. The first-order chi connectivity index (χ1) is 9.97. The lowest BCUT2D eigenvalue weighted by molar-refractivity contribution is 0.628. The van der Waals surface area contributed by atoms with Gasteiger partial charge < -0.3 is 5.73 Å². The van der Waals surface area contributed by atoms with Crippen LogP contribution >= 0.6 is 12.2 Å². The molecule has 6 heteroatoms. The zero-order valence-corrected chi connectivity index (χ0v) is 12.4. The third-order valence-electron chi connectivity index (χ3n) is 3.29. The highest BCUT2D eigenvalue weighted by Gasteiger charge is 2.17. The van der Waals surface area contributed by atoms with Gasteiger partial charge in [-0.2, -0.15) is 5.10 Å². The van der Waals surface area contributed by atoms with Gasteiger partial charge in [0.2, 0.25) is 0 Å². The van der Waals surface area contributed by atoms with Crippen molar-refractivity contribution >= 4 is 22.9 Å². The lowest BCUT2D eigenvalue weighted by atomic mass is 10.00. The summed E-state index contributed by atoms with van der Waals surface area (Å²) >= 11 is 5.18. The normalized spacial score (nSPS) is 11.0. The number of rotatable bonds is 2. The molecule has 0 radical (unpaired) electrons. The van der Waals surface area contributed by atoms with Crippen molar-refractivity contribution in [1.29, 1.82) is 0 Å². The van der Waals surface area contributed by atoms with Crippen LogP contribution in [0.5, 0.6) is 0 Å². The molecule has 0 fully saturated rings. The van der Waals surface area contributed by atoms with Crippen LogP contribution in [-0.4, -0.2) is 19.6 Å². The van der Waals surface area contributed by atoms with Crippen LogP contribution in [0.4, 0.5) is 4.39 Å². The first kappa shape index (κ1) is 13.6. The molecule has 1 aromatic carbocycles. The van der Waals surface area contributed by atoms with Gasteiger partial charge in [0.1, 0.15) is 16.6 Å². The van der Waals surface area contributed by atoms with Crippen molar-refractivity contribution in [3.05, 3.63) is 53.2 Å². The standard InChI is InChI=1S/C15H13FN4S/c1-8-7-12(10-3-5-11(16)6-4-10)13(14(17)21)15-18-9(2)19-20(8)15/h3-7H,1-2H3,(H2,17,21). The average Bonchev–Trinajstić information content (AvgIpc) is 2.81. The van der Waals surface area contributed by atoms with E-state index in [2.05, 4.69) is 10.1 Å². The van der Waals surface area contributed by atoms with Gasteiger partial charge in [0.05, 0.1) is 5.56 Å². The minimum absolute atomic E-state index is 0.242. The fourth-order valence-corrected chi connectivity index (χ4v) is 2.59. The highest BCUT2D eigenvalue weighted by Crippen LogP contribution is 2.28. The van der Waals surface area contributed by atoms with E-state index in [9.17, 15) is 4.39 Å². The average molecular weight is 300 g/mol. The maximum atomic E-state index is 13.1. The number of thiocarbonyl (C=S) groups is 1. The van der Waals surface area contributed by atoms with Gasteiger partial charge in [-0.05, 0) is 43.2 Å². The van der Waals surface area contributed by atoms with Crippen molar-refractivity contribution in [2.75, 3.05) is 0 Å². The SMILES string of the molecule is Cc1nc2c(C(N)=S)c(-c3ccc(F)cc3)cc(C)n2n1. The minimum Gasteiger partial charge on any atom is -0.389 e. The molecule has 0 saturated heterocycles. The Labute approximate surface area is 126 Å². The van der Waals surface area contributed by atoms with Gasteiger partial charge in [0, 0.05) is 5.69 Å². The van der Waals surface area contributed by atoms with Gasteiger partial charge in [-0.1, -0.05) is 24.4 Å². The van der Waals surface area contributed by atoms with Gasteiger partial charge >= 0.3 is 0 Å². The number of aromatic nitrogens is 3. The fraction of sp³-hybridized carbons (Fsp3) is 0.133. The third kappa shape index (κ3) is 2.27. The molecule has 4 nitrogen and oxygen atoms in total. The molecule has 0 aliphatic carbocycles. The molecule has 2 N–H and O–H groups in total. The highest BCUT2D eigenvalue weighted by atomic mass is 32.1. The number of hydrogen-bond acceptors (Lipinski definition) is 3. The molecule has 0 saturated carbocycles. The van der Waals surface area contributed by atoms with Crippen LogP contribution in [-0.2, 0) is 0 Å². The van der Waals surface area contributed by atoms with Crippen LogP contribution in [0.2, 0.25) is 0 Å². The smallest absolute Gasteiger partial charge is 0.166 e. The van der Waals surface area contributed by atoms with Crippen LogP contribution in [0.1, 0.15) is 17.1 Å². The summed E-state index contributed by atoms with van der Waals surface area (Å²) in [6.45, 7) is 3.74. The van der Waals surface area contributed by atoms with E-state index in [1.54, 1.807) is 16.6 Å². The largest absolute Gasteiger partial charge is 0.389 e. The Balaban J connectivity index is 2.38. The summed E-state index contributed by atoms with van der Waals surface area (Å²) in [4.78, 5) is 4.65. The van der Waals surface area contributed by atoms with Crippen LogP contribution < -0.4 is 5.73 Å². The van der Waals surface area contributed by atoms with E-state index in [0.717, 1.165) is 16.8 Å². The first-order valence-corrected chi connectivity index (χ1v) is 6.81. The molecule has 0 bridgehead atoms. The summed E-state index contributed by atoms with van der Waals surface area (Å²) in [6.07, 6.45) is 0. The van der Waals surface area contributed by atoms with Gasteiger partial charge in [-0.3, -0.25) is 0 Å².